The van der Waals surface area contributed by atoms with Crippen molar-refractivity contribution in [1.82, 2.24) is 10.6 Å². The van der Waals surface area contributed by atoms with E-state index in [9.17, 15) is 4.79 Å². The van der Waals surface area contributed by atoms with Gasteiger partial charge in [0, 0.05) is 0 Å². The van der Waals surface area contributed by atoms with Crippen LogP contribution in [-0.4, -0.2) is 32.0 Å². The normalized spacial score (nSPS) is 10.2. The van der Waals surface area contributed by atoms with Gasteiger partial charge in [-0.15, -0.1) is 0 Å². The molecule has 138 valence electrons. The molecule has 0 saturated heterocycles. The number of hydrogen-bond donors (Lipinski definition) is 2. The lowest BCUT2D eigenvalue weighted by Crippen LogP contribution is -2.41. The molecule has 0 bridgehead atoms. The topological polar surface area (TPSA) is 68.8 Å². The summed E-state index contributed by atoms with van der Waals surface area (Å²) in [5.41, 5.74) is 1.92. The molecule has 0 aliphatic rings. The molecule has 0 saturated carbocycles. The number of benzene rings is 2. The Morgan fingerprint density at radius 3 is 1.81 bits per heavy atom. The van der Waals surface area contributed by atoms with Crippen molar-refractivity contribution in [3.63, 3.8) is 0 Å². The highest BCUT2D eigenvalue weighted by atomic mass is 32.1. The summed E-state index contributed by atoms with van der Waals surface area (Å²) in [6, 6.07) is 15.0. The fourth-order valence-corrected chi connectivity index (χ4v) is 2.58. The molecule has 0 radical (unpaired) electrons. The van der Waals surface area contributed by atoms with Gasteiger partial charge < -0.3 is 19.5 Å². The quantitative estimate of drug-likeness (QED) is 0.755. The molecule has 0 aliphatic heterocycles. The van der Waals surface area contributed by atoms with Crippen LogP contribution in [0.2, 0.25) is 0 Å². The average molecular weight is 374 g/mol. The Bertz CT molecular complexity index is 685. The summed E-state index contributed by atoms with van der Waals surface area (Å²) in [5, 5.41) is 5.84. The number of methoxy groups -OCH3 is 2. The molecule has 2 rings (SSSR count). The fourth-order valence-electron chi connectivity index (χ4n) is 2.38. The van der Waals surface area contributed by atoms with E-state index in [1.165, 1.54) is 0 Å². The molecule has 0 aromatic heterocycles. The summed E-state index contributed by atoms with van der Waals surface area (Å²) in [6.07, 6.45) is -0.590. The maximum Gasteiger partial charge on any atom is 0.413 e. The van der Waals surface area contributed by atoms with E-state index in [0.29, 0.717) is 0 Å². The number of alkyl carbamates (subject to hydrolysis) is 1. The van der Waals surface area contributed by atoms with Gasteiger partial charge in [-0.05, 0) is 54.5 Å². The SMILES string of the molecule is CCOC(=O)NC(=S)NC(c1ccc(OC)cc1)c1ccc(OC)cc1. The Morgan fingerprint density at radius 2 is 1.42 bits per heavy atom. The number of thiocarbonyl (C=S) groups is 1. The number of hydrogen-bond acceptors (Lipinski definition) is 5. The molecule has 6 nitrogen and oxygen atoms in total. The van der Waals surface area contributed by atoms with Crippen LogP contribution < -0.4 is 20.1 Å². The maximum atomic E-state index is 11.6. The van der Waals surface area contributed by atoms with Gasteiger partial charge in [0.2, 0.25) is 0 Å². The first-order chi connectivity index (χ1) is 12.6. The first-order valence-electron chi connectivity index (χ1n) is 8.09. The number of carbonyl (C=O) groups is 1. The Balaban J connectivity index is 2.24. The van der Waals surface area contributed by atoms with Gasteiger partial charge in [0.25, 0.3) is 0 Å². The number of amides is 1. The predicted molar refractivity (Wildman–Crippen MR) is 104 cm³/mol. The molecular formula is C19H22N2O4S. The van der Waals surface area contributed by atoms with E-state index in [4.69, 9.17) is 26.4 Å². The third-order valence-corrected chi connectivity index (χ3v) is 3.88. The summed E-state index contributed by atoms with van der Waals surface area (Å²) < 4.78 is 15.3. The average Bonchev–Trinajstić information content (AvgIpc) is 2.66. The van der Waals surface area contributed by atoms with E-state index in [1.54, 1.807) is 21.1 Å². The molecule has 0 aliphatic carbocycles. The fraction of sp³-hybridized carbons (Fsp3) is 0.263. The summed E-state index contributed by atoms with van der Waals surface area (Å²) in [6.45, 7) is 2.00. The van der Waals surface area contributed by atoms with E-state index in [2.05, 4.69) is 10.6 Å². The zero-order valence-electron chi connectivity index (χ0n) is 14.9. The van der Waals surface area contributed by atoms with Crippen LogP contribution in [0.1, 0.15) is 24.1 Å². The highest BCUT2D eigenvalue weighted by Gasteiger charge is 2.17. The van der Waals surface area contributed by atoms with Crippen molar-refractivity contribution in [2.24, 2.45) is 0 Å². The third-order valence-electron chi connectivity index (χ3n) is 3.66. The van der Waals surface area contributed by atoms with Crippen LogP contribution in [-0.2, 0) is 4.74 Å². The molecule has 2 aromatic rings. The molecule has 0 atom stereocenters. The highest BCUT2D eigenvalue weighted by molar-refractivity contribution is 7.80. The summed E-state index contributed by atoms with van der Waals surface area (Å²) in [5.74, 6) is 1.52. The Hall–Kier alpha value is -2.80. The molecule has 0 fully saturated rings. The summed E-state index contributed by atoms with van der Waals surface area (Å²) in [4.78, 5) is 11.6. The number of carbonyl (C=O) groups excluding carboxylic acids is 1. The van der Waals surface area contributed by atoms with Crippen LogP contribution in [0.25, 0.3) is 0 Å². The Labute approximate surface area is 158 Å². The van der Waals surface area contributed by atoms with Crippen molar-refractivity contribution < 1.29 is 19.0 Å². The lowest BCUT2D eigenvalue weighted by molar-refractivity contribution is 0.157. The Kier molecular flexibility index (Phi) is 7.23. The van der Waals surface area contributed by atoms with E-state index in [-0.39, 0.29) is 17.8 Å². The molecule has 0 spiro atoms. The predicted octanol–water partition coefficient (Wildman–Crippen LogP) is 3.41. The number of nitrogens with one attached hydrogen (secondary N) is 2. The summed E-state index contributed by atoms with van der Waals surface area (Å²) >= 11 is 5.25. The second kappa shape index (κ2) is 9.62. The number of rotatable bonds is 6. The first kappa shape index (κ1) is 19.5. The molecule has 2 aromatic carbocycles. The molecule has 7 heteroatoms. The van der Waals surface area contributed by atoms with Gasteiger partial charge in [-0.3, -0.25) is 5.32 Å². The van der Waals surface area contributed by atoms with Gasteiger partial charge >= 0.3 is 6.09 Å². The monoisotopic (exact) mass is 374 g/mol. The van der Waals surface area contributed by atoms with Crippen LogP contribution in [0.5, 0.6) is 11.5 Å². The molecule has 0 unspecified atom stereocenters. The van der Waals surface area contributed by atoms with Gasteiger partial charge in [0.05, 0.1) is 26.9 Å². The van der Waals surface area contributed by atoms with E-state index >= 15 is 0 Å². The van der Waals surface area contributed by atoms with Gasteiger partial charge in [0.15, 0.2) is 5.11 Å². The van der Waals surface area contributed by atoms with Crippen molar-refractivity contribution in [3.05, 3.63) is 59.7 Å². The molecular weight excluding hydrogens is 352 g/mol. The maximum absolute atomic E-state index is 11.6. The van der Waals surface area contributed by atoms with Gasteiger partial charge in [0.1, 0.15) is 11.5 Å². The first-order valence-corrected chi connectivity index (χ1v) is 8.50. The lowest BCUT2D eigenvalue weighted by atomic mass is 9.98. The van der Waals surface area contributed by atoms with Gasteiger partial charge in [-0.1, -0.05) is 24.3 Å². The molecule has 1 amide bonds. The smallest absolute Gasteiger partial charge is 0.413 e. The third kappa shape index (κ3) is 5.35. The second-order valence-corrected chi connectivity index (χ2v) is 5.71. The second-order valence-electron chi connectivity index (χ2n) is 5.30. The number of ether oxygens (including phenoxy) is 3. The minimum atomic E-state index is -0.590. The largest absolute Gasteiger partial charge is 0.497 e. The van der Waals surface area contributed by atoms with Crippen LogP contribution >= 0.6 is 12.2 Å². The van der Waals surface area contributed by atoms with Crippen molar-refractivity contribution in [2.75, 3.05) is 20.8 Å². The highest BCUT2D eigenvalue weighted by Crippen LogP contribution is 2.25. The minimum absolute atomic E-state index is 0.181. The van der Waals surface area contributed by atoms with Gasteiger partial charge in [-0.25, -0.2) is 4.79 Å². The van der Waals surface area contributed by atoms with Crippen molar-refractivity contribution in [2.45, 2.75) is 13.0 Å². The van der Waals surface area contributed by atoms with Crippen molar-refractivity contribution in [3.8, 4) is 11.5 Å². The van der Waals surface area contributed by atoms with E-state index < -0.39 is 6.09 Å². The molecule has 0 heterocycles. The molecule has 2 N–H and O–H groups in total. The van der Waals surface area contributed by atoms with Crippen molar-refractivity contribution in [1.29, 1.82) is 0 Å². The zero-order valence-corrected chi connectivity index (χ0v) is 15.8. The molecule has 26 heavy (non-hydrogen) atoms. The van der Waals surface area contributed by atoms with Crippen LogP contribution in [0, 0.1) is 0 Å². The van der Waals surface area contributed by atoms with Gasteiger partial charge in [-0.2, -0.15) is 0 Å². The van der Waals surface area contributed by atoms with Crippen LogP contribution in [0.4, 0.5) is 4.79 Å². The van der Waals surface area contributed by atoms with Crippen LogP contribution in [0.15, 0.2) is 48.5 Å². The lowest BCUT2D eigenvalue weighted by Gasteiger charge is -2.22. The van der Waals surface area contributed by atoms with Crippen molar-refractivity contribution >= 4 is 23.4 Å². The van der Waals surface area contributed by atoms with E-state index in [1.807, 2.05) is 48.5 Å². The minimum Gasteiger partial charge on any atom is -0.497 e. The standard InChI is InChI=1S/C19H22N2O4S/c1-4-25-19(22)21-18(26)20-17(13-5-9-15(23-2)10-6-13)14-7-11-16(24-3)12-8-14/h5-12,17H,4H2,1-3H3,(H2,20,21,22,26). The summed E-state index contributed by atoms with van der Waals surface area (Å²) in [7, 11) is 3.24. The van der Waals surface area contributed by atoms with Crippen LogP contribution in [0.3, 0.4) is 0 Å². The zero-order chi connectivity index (χ0) is 18.9. The Morgan fingerprint density at radius 1 is 0.962 bits per heavy atom. The van der Waals surface area contributed by atoms with E-state index in [0.717, 1.165) is 22.6 Å².